The van der Waals surface area contributed by atoms with Crippen LogP contribution in [0.4, 0.5) is 5.69 Å². The number of anilines is 1. The number of hydrogen-bond donors (Lipinski definition) is 2. The largest absolute Gasteiger partial charge is 0.324 e. The van der Waals surface area contributed by atoms with E-state index in [0.29, 0.717) is 0 Å². The Hall–Kier alpha value is -1.63. The molecule has 0 atom stereocenters. The molecule has 0 radical (unpaired) electrons. The number of nitrogen functional groups attached to an aromatic ring is 1. The van der Waals surface area contributed by atoms with Crippen molar-refractivity contribution in [1.82, 2.24) is 9.97 Å². The number of hydrazine groups is 1. The number of thioether (sulfide) groups is 1. The van der Waals surface area contributed by atoms with Gasteiger partial charge in [0.25, 0.3) is 0 Å². The highest BCUT2D eigenvalue weighted by atomic mass is 32.2. The zero-order chi connectivity index (χ0) is 13.1. The van der Waals surface area contributed by atoms with E-state index in [2.05, 4.69) is 21.5 Å². The summed E-state index contributed by atoms with van der Waals surface area (Å²) >= 11 is 3.40. The molecule has 0 saturated heterocycles. The predicted molar refractivity (Wildman–Crippen MR) is 81.2 cm³/mol. The van der Waals surface area contributed by atoms with Crippen molar-refractivity contribution in [2.24, 2.45) is 5.84 Å². The minimum Gasteiger partial charge on any atom is -0.324 e. The van der Waals surface area contributed by atoms with Gasteiger partial charge in [0.15, 0.2) is 4.34 Å². The molecule has 96 valence electrons. The summed E-state index contributed by atoms with van der Waals surface area (Å²) in [6.07, 6.45) is 1.75. The van der Waals surface area contributed by atoms with E-state index in [0.717, 1.165) is 27.0 Å². The van der Waals surface area contributed by atoms with Gasteiger partial charge in [0.2, 0.25) is 0 Å². The number of benzene rings is 1. The van der Waals surface area contributed by atoms with E-state index in [-0.39, 0.29) is 0 Å². The number of pyridine rings is 1. The molecular formula is C13H12N4S2. The maximum atomic E-state index is 5.38. The zero-order valence-corrected chi connectivity index (χ0v) is 11.7. The highest BCUT2D eigenvalue weighted by molar-refractivity contribution is 8.00. The monoisotopic (exact) mass is 288 g/mol. The molecule has 6 heteroatoms. The van der Waals surface area contributed by atoms with Crippen LogP contribution in [0.2, 0.25) is 0 Å². The Labute approximate surface area is 119 Å². The van der Waals surface area contributed by atoms with E-state index in [1.807, 2.05) is 30.3 Å². The Morgan fingerprint density at radius 3 is 3.00 bits per heavy atom. The molecule has 0 aliphatic heterocycles. The molecule has 0 saturated carbocycles. The molecule has 0 fully saturated rings. The average molecular weight is 288 g/mol. The summed E-state index contributed by atoms with van der Waals surface area (Å²) in [4.78, 5) is 8.90. The Bertz CT molecular complexity index is 663. The SMILES string of the molecule is NNc1ccnc(CSc2nc3ccccc3s2)c1. The fraction of sp³-hybridized carbons (Fsp3) is 0.0769. The number of thiazole rings is 1. The van der Waals surface area contributed by atoms with Crippen LogP contribution in [0.15, 0.2) is 46.9 Å². The molecule has 1 aromatic carbocycles. The maximum absolute atomic E-state index is 5.38. The van der Waals surface area contributed by atoms with Gasteiger partial charge < -0.3 is 5.43 Å². The predicted octanol–water partition coefficient (Wildman–Crippen LogP) is 3.27. The third-order valence-corrected chi connectivity index (χ3v) is 4.81. The minimum atomic E-state index is 0.787. The summed E-state index contributed by atoms with van der Waals surface area (Å²) < 4.78 is 2.28. The lowest BCUT2D eigenvalue weighted by Gasteiger charge is -2.02. The Morgan fingerprint density at radius 2 is 2.16 bits per heavy atom. The molecule has 2 aromatic heterocycles. The van der Waals surface area contributed by atoms with Crippen LogP contribution in [-0.4, -0.2) is 9.97 Å². The molecule has 2 heterocycles. The molecule has 0 amide bonds. The quantitative estimate of drug-likeness (QED) is 0.438. The van der Waals surface area contributed by atoms with Gasteiger partial charge in [-0.25, -0.2) is 4.98 Å². The maximum Gasteiger partial charge on any atom is 0.151 e. The van der Waals surface area contributed by atoms with Crippen molar-refractivity contribution in [3.63, 3.8) is 0 Å². The molecule has 0 bridgehead atoms. The lowest BCUT2D eigenvalue weighted by atomic mass is 10.3. The van der Waals surface area contributed by atoms with Crippen molar-refractivity contribution < 1.29 is 0 Å². The first-order valence-corrected chi connectivity index (χ1v) is 7.55. The molecule has 19 heavy (non-hydrogen) atoms. The molecule has 3 rings (SSSR count). The van der Waals surface area contributed by atoms with Gasteiger partial charge in [-0.3, -0.25) is 10.8 Å². The first kappa shape index (κ1) is 12.4. The van der Waals surface area contributed by atoms with Crippen LogP contribution in [0.3, 0.4) is 0 Å². The van der Waals surface area contributed by atoms with Crippen LogP contribution in [0, 0.1) is 0 Å². The van der Waals surface area contributed by atoms with Gasteiger partial charge in [0.05, 0.1) is 21.6 Å². The van der Waals surface area contributed by atoms with Gasteiger partial charge in [-0.2, -0.15) is 0 Å². The summed E-state index contributed by atoms with van der Waals surface area (Å²) in [6, 6.07) is 12.0. The van der Waals surface area contributed by atoms with Crippen molar-refractivity contribution in [3.8, 4) is 0 Å². The molecular weight excluding hydrogens is 276 g/mol. The second-order valence-electron chi connectivity index (χ2n) is 3.92. The van der Waals surface area contributed by atoms with Crippen LogP contribution < -0.4 is 11.3 Å². The van der Waals surface area contributed by atoms with E-state index in [1.54, 1.807) is 29.3 Å². The van der Waals surface area contributed by atoms with Gasteiger partial charge in [-0.15, -0.1) is 11.3 Å². The van der Waals surface area contributed by atoms with E-state index < -0.39 is 0 Å². The highest BCUT2D eigenvalue weighted by Gasteiger charge is 2.05. The number of nitrogens with two attached hydrogens (primary N) is 1. The average Bonchev–Trinajstić information content (AvgIpc) is 2.88. The van der Waals surface area contributed by atoms with Gasteiger partial charge in [-0.05, 0) is 24.3 Å². The fourth-order valence-electron chi connectivity index (χ4n) is 1.70. The van der Waals surface area contributed by atoms with E-state index in [9.17, 15) is 0 Å². The number of fused-ring (bicyclic) bond motifs is 1. The fourth-order valence-corrected chi connectivity index (χ4v) is 3.67. The summed E-state index contributed by atoms with van der Waals surface area (Å²) in [5, 5.41) is 0. The number of nitrogens with zero attached hydrogens (tertiary/aromatic N) is 2. The molecule has 0 aliphatic carbocycles. The summed E-state index contributed by atoms with van der Waals surface area (Å²) in [5.74, 6) is 6.17. The Kier molecular flexibility index (Phi) is 3.63. The van der Waals surface area contributed by atoms with Crippen LogP contribution in [0.25, 0.3) is 10.2 Å². The van der Waals surface area contributed by atoms with E-state index in [4.69, 9.17) is 5.84 Å². The number of para-hydroxylation sites is 1. The summed E-state index contributed by atoms with van der Waals surface area (Å²) in [6.45, 7) is 0. The molecule has 0 aliphatic rings. The molecule has 0 unspecified atom stereocenters. The minimum absolute atomic E-state index is 0.787. The van der Waals surface area contributed by atoms with Gasteiger partial charge in [0, 0.05) is 11.9 Å². The summed E-state index contributed by atoms with van der Waals surface area (Å²) in [5.41, 5.74) is 5.54. The second-order valence-corrected chi connectivity index (χ2v) is 6.17. The third kappa shape index (κ3) is 2.86. The normalized spacial score (nSPS) is 10.8. The lowest BCUT2D eigenvalue weighted by Crippen LogP contribution is -2.07. The van der Waals surface area contributed by atoms with Crippen molar-refractivity contribution in [2.75, 3.05) is 5.43 Å². The van der Waals surface area contributed by atoms with Crippen molar-refractivity contribution >= 4 is 39.0 Å². The molecule has 0 spiro atoms. The first-order chi connectivity index (χ1) is 9.35. The summed E-state index contributed by atoms with van der Waals surface area (Å²) in [7, 11) is 0. The van der Waals surface area contributed by atoms with Crippen molar-refractivity contribution in [3.05, 3.63) is 48.3 Å². The van der Waals surface area contributed by atoms with Gasteiger partial charge in [-0.1, -0.05) is 23.9 Å². The lowest BCUT2D eigenvalue weighted by molar-refractivity contribution is 1.16. The number of nitrogens with one attached hydrogen (secondary N) is 1. The van der Waals surface area contributed by atoms with Gasteiger partial charge >= 0.3 is 0 Å². The molecule has 3 N–H and O–H groups in total. The highest BCUT2D eigenvalue weighted by Crippen LogP contribution is 2.31. The molecule has 3 aromatic rings. The van der Waals surface area contributed by atoms with Crippen LogP contribution in [0.5, 0.6) is 0 Å². The molecule has 4 nitrogen and oxygen atoms in total. The first-order valence-electron chi connectivity index (χ1n) is 5.75. The van der Waals surface area contributed by atoms with Crippen LogP contribution in [-0.2, 0) is 5.75 Å². The third-order valence-electron chi connectivity index (χ3n) is 2.60. The zero-order valence-electron chi connectivity index (χ0n) is 10.0. The standard InChI is InChI=1S/C13H12N4S2/c14-17-9-5-6-15-10(7-9)8-18-13-16-11-3-1-2-4-12(11)19-13/h1-7H,8,14H2,(H,15,17). The van der Waals surface area contributed by atoms with Crippen molar-refractivity contribution in [1.29, 1.82) is 0 Å². The van der Waals surface area contributed by atoms with Crippen molar-refractivity contribution in [2.45, 2.75) is 10.1 Å². The number of rotatable bonds is 4. The van der Waals surface area contributed by atoms with E-state index in [1.165, 1.54) is 4.70 Å². The smallest absolute Gasteiger partial charge is 0.151 e. The second kappa shape index (κ2) is 5.56. The Morgan fingerprint density at radius 1 is 1.26 bits per heavy atom. The van der Waals surface area contributed by atoms with Gasteiger partial charge in [0.1, 0.15) is 0 Å². The number of hydrogen-bond acceptors (Lipinski definition) is 6. The van der Waals surface area contributed by atoms with Crippen LogP contribution in [0.1, 0.15) is 5.69 Å². The Balaban J connectivity index is 1.74. The topological polar surface area (TPSA) is 63.8 Å². The number of aromatic nitrogens is 2. The van der Waals surface area contributed by atoms with E-state index >= 15 is 0 Å². The van der Waals surface area contributed by atoms with Crippen LogP contribution >= 0.6 is 23.1 Å².